The van der Waals surface area contributed by atoms with Gasteiger partial charge >= 0.3 is 5.97 Å². The van der Waals surface area contributed by atoms with Crippen LogP contribution in [0.3, 0.4) is 0 Å². The van der Waals surface area contributed by atoms with Crippen molar-refractivity contribution in [1.29, 1.82) is 0 Å². The second-order valence-corrected chi connectivity index (χ2v) is 5.78. The highest BCUT2D eigenvalue weighted by atomic mass is 16.5. The van der Waals surface area contributed by atoms with E-state index in [4.69, 9.17) is 4.74 Å². The van der Waals surface area contributed by atoms with E-state index in [1.807, 2.05) is 0 Å². The monoisotopic (exact) mass is 303 g/mol. The summed E-state index contributed by atoms with van der Waals surface area (Å²) in [4.78, 5) is 37.0. The number of rotatable bonds is 2. The number of esters is 1. The van der Waals surface area contributed by atoms with Gasteiger partial charge in [0.15, 0.2) is 0 Å². The molecule has 0 bridgehead atoms. The lowest BCUT2D eigenvalue weighted by Gasteiger charge is -2.24. The van der Waals surface area contributed by atoms with Crippen LogP contribution in [-0.2, 0) is 14.4 Å². The van der Waals surface area contributed by atoms with Gasteiger partial charge < -0.3 is 9.84 Å². The molecule has 116 valence electrons. The van der Waals surface area contributed by atoms with E-state index in [0.717, 1.165) is 0 Å². The minimum Gasteiger partial charge on any atom is -0.427 e. The number of hydrogen-bond acceptors (Lipinski definition) is 5. The first kappa shape index (κ1) is 14.7. The van der Waals surface area contributed by atoms with Crippen molar-refractivity contribution < 1.29 is 24.2 Å². The van der Waals surface area contributed by atoms with E-state index in [2.05, 4.69) is 0 Å². The maximum absolute atomic E-state index is 12.5. The molecule has 0 radical (unpaired) electrons. The number of aliphatic hydroxyl groups excluding tert-OH is 1. The van der Waals surface area contributed by atoms with Crippen LogP contribution in [0, 0.1) is 11.8 Å². The number of amides is 2. The van der Waals surface area contributed by atoms with Gasteiger partial charge in [0.1, 0.15) is 5.75 Å². The van der Waals surface area contributed by atoms with Crippen LogP contribution in [0.5, 0.6) is 5.75 Å². The topological polar surface area (TPSA) is 83.9 Å². The molecule has 1 N–H and O–H groups in total. The molecule has 2 fully saturated rings. The quantitative estimate of drug-likeness (QED) is 0.505. The summed E-state index contributed by atoms with van der Waals surface area (Å²) in [5.41, 5.74) is 0.467. The number of nitrogens with zero attached hydrogens (tertiary/aromatic N) is 1. The van der Waals surface area contributed by atoms with E-state index >= 15 is 0 Å². The molecule has 1 aliphatic carbocycles. The molecule has 3 atom stereocenters. The highest BCUT2D eigenvalue weighted by Gasteiger charge is 2.50. The predicted octanol–water partition coefficient (Wildman–Crippen LogP) is 1.26. The Morgan fingerprint density at radius 1 is 1.14 bits per heavy atom. The number of hydrogen-bond donors (Lipinski definition) is 1. The third-order valence-electron chi connectivity index (χ3n) is 4.25. The van der Waals surface area contributed by atoms with Crippen LogP contribution in [0.15, 0.2) is 24.3 Å². The van der Waals surface area contributed by atoms with Gasteiger partial charge in [-0.05, 0) is 43.5 Å². The average Bonchev–Trinajstić information content (AvgIpc) is 2.71. The number of aliphatic hydroxyl groups is 1. The second-order valence-electron chi connectivity index (χ2n) is 5.78. The summed E-state index contributed by atoms with van der Waals surface area (Å²) in [5.74, 6) is -1.28. The number of benzene rings is 1. The van der Waals surface area contributed by atoms with Crippen molar-refractivity contribution >= 4 is 23.5 Å². The van der Waals surface area contributed by atoms with Gasteiger partial charge in [-0.2, -0.15) is 0 Å². The Balaban J connectivity index is 1.83. The molecule has 6 nitrogen and oxygen atoms in total. The van der Waals surface area contributed by atoms with E-state index in [1.54, 1.807) is 24.3 Å². The molecule has 6 heteroatoms. The summed E-state index contributed by atoms with van der Waals surface area (Å²) < 4.78 is 4.93. The van der Waals surface area contributed by atoms with Crippen LogP contribution in [0.25, 0.3) is 0 Å². The summed E-state index contributed by atoms with van der Waals surface area (Å²) in [6, 6.07) is 6.27. The first-order valence-electron chi connectivity index (χ1n) is 7.31. The largest absolute Gasteiger partial charge is 0.427 e. The fraction of sp³-hybridized carbons (Fsp3) is 0.438. The number of imide groups is 1. The standard InChI is InChI=1S/C16H17NO5/c1-9(18)22-12-5-2-10(3-6-12)17-15(20)13-7-4-11(19)8-14(13)16(17)21/h2-3,5-6,11,13-14,19H,4,7-8H2,1H3. The molecule has 1 heterocycles. The first-order chi connectivity index (χ1) is 10.5. The summed E-state index contributed by atoms with van der Waals surface area (Å²) in [6.07, 6.45) is 0.930. The predicted molar refractivity (Wildman–Crippen MR) is 77.1 cm³/mol. The fourth-order valence-electron chi connectivity index (χ4n) is 3.24. The lowest BCUT2D eigenvalue weighted by molar-refractivity contribution is -0.132. The van der Waals surface area contributed by atoms with Gasteiger partial charge in [0.25, 0.3) is 0 Å². The molecule has 3 unspecified atom stereocenters. The van der Waals surface area contributed by atoms with E-state index in [-0.39, 0.29) is 17.7 Å². The normalized spacial score (nSPS) is 27.7. The van der Waals surface area contributed by atoms with Crippen molar-refractivity contribution in [2.45, 2.75) is 32.3 Å². The molecule has 2 aliphatic rings. The summed E-state index contributed by atoms with van der Waals surface area (Å²) in [7, 11) is 0. The van der Waals surface area contributed by atoms with Crippen LogP contribution >= 0.6 is 0 Å². The number of carbonyl (C=O) groups is 3. The molecule has 2 amide bonds. The van der Waals surface area contributed by atoms with Crippen molar-refractivity contribution in [2.24, 2.45) is 11.8 Å². The zero-order chi connectivity index (χ0) is 15.9. The SMILES string of the molecule is CC(=O)Oc1ccc(N2C(=O)C3CCC(O)CC3C2=O)cc1. The maximum Gasteiger partial charge on any atom is 0.308 e. The van der Waals surface area contributed by atoms with Crippen LogP contribution < -0.4 is 9.64 Å². The Kier molecular flexibility index (Phi) is 3.70. The smallest absolute Gasteiger partial charge is 0.308 e. The highest BCUT2D eigenvalue weighted by Crippen LogP contribution is 2.40. The number of ether oxygens (including phenoxy) is 1. The molecule has 3 rings (SSSR count). The van der Waals surface area contributed by atoms with E-state index in [9.17, 15) is 19.5 Å². The molecule has 0 aromatic heterocycles. The zero-order valence-electron chi connectivity index (χ0n) is 12.2. The number of anilines is 1. The molecular formula is C16H17NO5. The van der Waals surface area contributed by atoms with Gasteiger partial charge in [0.05, 0.1) is 23.6 Å². The third-order valence-corrected chi connectivity index (χ3v) is 4.25. The molecular weight excluding hydrogens is 286 g/mol. The summed E-state index contributed by atoms with van der Waals surface area (Å²) in [6.45, 7) is 1.30. The molecule has 1 aromatic rings. The van der Waals surface area contributed by atoms with Gasteiger partial charge in [0, 0.05) is 6.92 Å². The first-order valence-corrected chi connectivity index (χ1v) is 7.31. The minimum absolute atomic E-state index is 0.206. The number of carbonyl (C=O) groups excluding carboxylic acids is 3. The lowest BCUT2D eigenvalue weighted by atomic mass is 9.80. The van der Waals surface area contributed by atoms with Crippen molar-refractivity contribution in [2.75, 3.05) is 4.90 Å². The van der Waals surface area contributed by atoms with Gasteiger partial charge in [0.2, 0.25) is 11.8 Å². The Morgan fingerprint density at radius 3 is 2.41 bits per heavy atom. The fourth-order valence-corrected chi connectivity index (χ4v) is 3.24. The van der Waals surface area contributed by atoms with Gasteiger partial charge in [-0.25, -0.2) is 0 Å². The Morgan fingerprint density at radius 2 is 1.77 bits per heavy atom. The van der Waals surface area contributed by atoms with Crippen molar-refractivity contribution in [3.63, 3.8) is 0 Å². The average molecular weight is 303 g/mol. The van der Waals surface area contributed by atoms with Crippen LogP contribution in [-0.4, -0.2) is 29.0 Å². The van der Waals surface area contributed by atoms with E-state index < -0.39 is 18.0 Å². The van der Waals surface area contributed by atoms with Gasteiger partial charge in [-0.1, -0.05) is 0 Å². The van der Waals surface area contributed by atoms with Crippen LogP contribution in [0.4, 0.5) is 5.69 Å². The molecule has 1 aromatic carbocycles. The molecule has 0 spiro atoms. The summed E-state index contributed by atoms with van der Waals surface area (Å²) >= 11 is 0. The van der Waals surface area contributed by atoms with Crippen molar-refractivity contribution in [3.8, 4) is 5.75 Å². The van der Waals surface area contributed by atoms with Crippen molar-refractivity contribution in [3.05, 3.63) is 24.3 Å². The van der Waals surface area contributed by atoms with Gasteiger partial charge in [-0.15, -0.1) is 0 Å². The Bertz CT molecular complexity index is 624. The van der Waals surface area contributed by atoms with Crippen molar-refractivity contribution in [1.82, 2.24) is 0 Å². The molecule has 1 aliphatic heterocycles. The number of fused-ring (bicyclic) bond motifs is 1. The minimum atomic E-state index is -0.510. The highest BCUT2D eigenvalue weighted by molar-refractivity contribution is 6.22. The van der Waals surface area contributed by atoms with E-state index in [1.165, 1.54) is 11.8 Å². The Hall–Kier alpha value is -2.21. The third kappa shape index (κ3) is 2.50. The van der Waals surface area contributed by atoms with Gasteiger partial charge in [-0.3, -0.25) is 19.3 Å². The maximum atomic E-state index is 12.5. The molecule has 22 heavy (non-hydrogen) atoms. The molecule has 1 saturated carbocycles. The lowest BCUT2D eigenvalue weighted by Crippen LogP contribution is -2.31. The van der Waals surface area contributed by atoms with Crippen LogP contribution in [0.2, 0.25) is 0 Å². The zero-order valence-corrected chi connectivity index (χ0v) is 12.2. The summed E-state index contributed by atoms with van der Waals surface area (Å²) in [5, 5.41) is 9.71. The van der Waals surface area contributed by atoms with Crippen LogP contribution in [0.1, 0.15) is 26.2 Å². The molecule has 1 saturated heterocycles. The second kappa shape index (κ2) is 5.53. The van der Waals surface area contributed by atoms with E-state index in [0.29, 0.717) is 30.7 Å². The Labute approximate surface area is 127 Å².